The first-order chi connectivity index (χ1) is 12.0. The fourth-order valence-electron chi connectivity index (χ4n) is 3.32. The van der Waals surface area contributed by atoms with E-state index in [1.54, 1.807) is 11.1 Å². The molecule has 1 fully saturated rings. The van der Waals surface area contributed by atoms with Gasteiger partial charge in [-0.2, -0.15) is 0 Å². The number of aromatic nitrogens is 1. The average molecular weight is 368 g/mol. The molecule has 0 bridgehead atoms. The second-order valence-corrected chi connectivity index (χ2v) is 8.10. The predicted molar refractivity (Wildman–Crippen MR) is 101 cm³/mol. The summed E-state index contributed by atoms with van der Waals surface area (Å²) >= 11 is 1.39. The Kier molecular flexibility index (Phi) is 8.34. The van der Waals surface area contributed by atoms with E-state index < -0.39 is 0 Å². The number of hydrogen-bond acceptors (Lipinski definition) is 4. The van der Waals surface area contributed by atoms with Crippen LogP contribution < -0.4 is 10.2 Å². The largest absolute Gasteiger partial charge is 0.340 e. The van der Waals surface area contributed by atoms with Gasteiger partial charge in [0.15, 0.2) is 5.13 Å². The molecule has 0 unspecified atom stereocenters. The lowest BCUT2D eigenvalue weighted by atomic mass is 10.0. The molecule has 25 heavy (non-hydrogen) atoms. The molecule has 1 aromatic rings. The van der Waals surface area contributed by atoms with Crippen LogP contribution in [0, 0.1) is 5.92 Å². The number of anilines is 1. The molecule has 1 aliphatic carbocycles. The highest BCUT2D eigenvalue weighted by molar-refractivity contribution is 7.13. The molecule has 0 spiro atoms. The topological polar surface area (TPSA) is 66.7 Å². The Labute approximate surface area is 154 Å². The number of nitrogens with one attached hydrogen (secondary N) is 2. The van der Waals surface area contributed by atoms with Crippen LogP contribution >= 0.6 is 11.3 Å². The Morgan fingerprint density at radius 2 is 2.12 bits per heavy atom. The zero-order valence-corrected chi connectivity index (χ0v) is 16.2. The molecule has 2 amide bonds. The Bertz CT molecular complexity index is 527. The number of nitrogens with zero attached hydrogens (tertiary/aromatic N) is 2. The van der Waals surface area contributed by atoms with Gasteiger partial charge in [-0.3, -0.25) is 9.59 Å². The van der Waals surface area contributed by atoms with Crippen LogP contribution in [0.3, 0.4) is 0 Å². The molecule has 1 aliphatic rings. The van der Waals surface area contributed by atoms with E-state index >= 15 is 0 Å². The summed E-state index contributed by atoms with van der Waals surface area (Å²) in [5, 5.41) is 5.18. The highest BCUT2D eigenvalue weighted by Gasteiger charge is 2.21. The second kappa shape index (κ2) is 10.5. The maximum absolute atomic E-state index is 12.6. The van der Waals surface area contributed by atoms with Crippen molar-refractivity contribution in [1.29, 1.82) is 0 Å². The first kappa shape index (κ1) is 19.8. The minimum atomic E-state index is -0.165. The monoisotopic (exact) mass is 367 g/mol. The molecule has 0 radical (unpaired) electrons. The van der Waals surface area contributed by atoms with Crippen LogP contribution in [0.4, 0.5) is 5.13 Å². The number of carbonyl (C=O) groups excluding carboxylic acids is 2. The second-order valence-electron chi connectivity index (χ2n) is 7.20. The first-order valence-electron chi connectivity index (χ1n) is 9.30. The zero-order chi connectivity index (χ0) is 18.1. The predicted octanol–water partition coefficient (Wildman–Crippen LogP) is 1.42. The molecule has 0 saturated heterocycles. The van der Waals surface area contributed by atoms with Gasteiger partial charge in [0, 0.05) is 31.0 Å². The number of quaternary nitrogens is 1. The lowest BCUT2D eigenvalue weighted by Crippen LogP contribution is -3.05. The molecule has 0 aromatic carbocycles. The molecule has 7 heteroatoms. The summed E-state index contributed by atoms with van der Waals surface area (Å²) in [5.41, 5.74) is 0. The van der Waals surface area contributed by atoms with E-state index in [2.05, 4.69) is 24.4 Å². The summed E-state index contributed by atoms with van der Waals surface area (Å²) in [6.45, 7) is 1.74. The van der Waals surface area contributed by atoms with Gasteiger partial charge in [-0.1, -0.05) is 25.7 Å². The standard InChI is InChI=1S/C18H30N4O2S/c1-21(2)11-5-12-22(14-16(23)20-18-19-10-13-25-18)17(24)9-8-15-6-3-4-7-15/h10,13,15H,3-9,11-12,14H2,1-2H3,(H,19,20,23)/p+1. The Morgan fingerprint density at radius 1 is 1.36 bits per heavy atom. The molecule has 140 valence electrons. The van der Waals surface area contributed by atoms with Crippen LogP contribution in [0.1, 0.15) is 44.9 Å². The van der Waals surface area contributed by atoms with Crippen molar-refractivity contribution in [3.8, 4) is 0 Å². The lowest BCUT2D eigenvalue weighted by Gasteiger charge is -2.23. The van der Waals surface area contributed by atoms with Crippen molar-refractivity contribution in [3.05, 3.63) is 11.6 Å². The van der Waals surface area contributed by atoms with E-state index in [-0.39, 0.29) is 18.4 Å². The molecule has 1 aromatic heterocycles. The third kappa shape index (κ3) is 7.52. The molecule has 2 rings (SSSR count). The summed E-state index contributed by atoms with van der Waals surface area (Å²) in [7, 11) is 4.20. The molecule has 0 atom stereocenters. The van der Waals surface area contributed by atoms with Crippen LogP contribution in [-0.4, -0.2) is 55.4 Å². The van der Waals surface area contributed by atoms with E-state index in [0.717, 1.165) is 19.4 Å². The van der Waals surface area contributed by atoms with Crippen LogP contribution in [0.2, 0.25) is 0 Å². The van der Waals surface area contributed by atoms with Crippen molar-refractivity contribution in [1.82, 2.24) is 9.88 Å². The van der Waals surface area contributed by atoms with Gasteiger partial charge in [0.2, 0.25) is 11.8 Å². The summed E-state index contributed by atoms with van der Waals surface area (Å²) in [6.07, 6.45) is 9.18. The van der Waals surface area contributed by atoms with Crippen LogP contribution in [-0.2, 0) is 9.59 Å². The Balaban J connectivity index is 1.83. The van der Waals surface area contributed by atoms with Crippen molar-refractivity contribution < 1.29 is 14.5 Å². The van der Waals surface area contributed by atoms with Gasteiger partial charge in [0.25, 0.3) is 0 Å². The highest BCUT2D eigenvalue weighted by atomic mass is 32.1. The fraction of sp³-hybridized carbons (Fsp3) is 0.722. The smallest absolute Gasteiger partial charge is 0.245 e. The van der Waals surface area contributed by atoms with Gasteiger partial charge >= 0.3 is 0 Å². The normalized spacial score (nSPS) is 14.8. The number of carbonyl (C=O) groups is 2. The summed E-state index contributed by atoms with van der Waals surface area (Å²) in [6, 6.07) is 0. The molecule has 0 aliphatic heterocycles. The lowest BCUT2D eigenvalue weighted by molar-refractivity contribution is -0.858. The molecular weight excluding hydrogens is 336 g/mol. The van der Waals surface area contributed by atoms with E-state index in [4.69, 9.17) is 0 Å². The van der Waals surface area contributed by atoms with E-state index in [0.29, 0.717) is 24.0 Å². The summed E-state index contributed by atoms with van der Waals surface area (Å²) in [4.78, 5) is 32.0. The van der Waals surface area contributed by atoms with Crippen molar-refractivity contribution in [3.63, 3.8) is 0 Å². The number of rotatable bonds is 10. The Hall–Kier alpha value is -1.47. The maximum atomic E-state index is 12.6. The minimum absolute atomic E-state index is 0.106. The van der Waals surface area contributed by atoms with Gasteiger partial charge in [0.1, 0.15) is 0 Å². The first-order valence-corrected chi connectivity index (χ1v) is 10.2. The highest BCUT2D eigenvalue weighted by Crippen LogP contribution is 2.28. The fourth-order valence-corrected chi connectivity index (χ4v) is 3.86. The van der Waals surface area contributed by atoms with Gasteiger partial charge < -0.3 is 15.1 Å². The van der Waals surface area contributed by atoms with Gasteiger partial charge in [-0.25, -0.2) is 4.98 Å². The van der Waals surface area contributed by atoms with Gasteiger partial charge in [0.05, 0.1) is 27.2 Å². The SMILES string of the molecule is C[NH+](C)CCCN(CC(=O)Nc1nccs1)C(=O)CCC1CCCC1. The maximum Gasteiger partial charge on any atom is 0.245 e. The minimum Gasteiger partial charge on any atom is -0.340 e. The molecule has 1 heterocycles. The third-order valence-corrected chi connectivity index (χ3v) is 5.40. The van der Waals surface area contributed by atoms with Crippen LogP contribution in [0.5, 0.6) is 0 Å². The molecule has 1 saturated carbocycles. The van der Waals surface area contributed by atoms with Crippen molar-refractivity contribution in [2.75, 3.05) is 39.0 Å². The number of amides is 2. The zero-order valence-electron chi connectivity index (χ0n) is 15.4. The van der Waals surface area contributed by atoms with E-state index in [1.165, 1.54) is 41.9 Å². The van der Waals surface area contributed by atoms with Crippen molar-refractivity contribution >= 4 is 28.3 Å². The van der Waals surface area contributed by atoms with E-state index in [9.17, 15) is 9.59 Å². The quantitative estimate of drug-likeness (QED) is 0.657. The average Bonchev–Trinajstić information content (AvgIpc) is 3.24. The van der Waals surface area contributed by atoms with E-state index in [1.807, 2.05) is 5.38 Å². The van der Waals surface area contributed by atoms with Crippen LogP contribution in [0.15, 0.2) is 11.6 Å². The summed E-state index contributed by atoms with van der Waals surface area (Å²) in [5.74, 6) is 0.637. The summed E-state index contributed by atoms with van der Waals surface area (Å²) < 4.78 is 0. The van der Waals surface area contributed by atoms with Gasteiger partial charge in [-0.15, -0.1) is 11.3 Å². The molecule has 2 N–H and O–H groups in total. The Morgan fingerprint density at radius 3 is 2.76 bits per heavy atom. The van der Waals surface area contributed by atoms with Crippen LogP contribution in [0.25, 0.3) is 0 Å². The number of hydrogen-bond donors (Lipinski definition) is 2. The molecule has 6 nitrogen and oxygen atoms in total. The molecular formula is C18H31N4O2S+. The van der Waals surface area contributed by atoms with Gasteiger partial charge in [-0.05, 0) is 12.3 Å². The third-order valence-electron chi connectivity index (χ3n) is 4.71. The van der Waals surface area contributed by atoms with Crippen molar-refractivity contribution in [2.45, 2.75) is 44.9 Å². The number of thiazole rings is 1. The van der Waals surface area contributed by atoms with Crippen molar-refractivity contribution in [2.24, 2.45) is 5.92 Å².